The van der Waals surface area contributed by atoms with E-state index in [1.54, 1.807) is 4.90 Å². The van der Waals surface area contributed by atoms with Crippen LogP contribution < -0.4 is 0 Å². The molecular weight excluding hydrogens is 218 g/mol. The zero-order chi connectivity index (χ0) is 11.8. The third-order valence-corrected chi connectivity index (χ3v) is 3.26. The molecular formula is C13H13NO3. The van der Waals surface area contributed by atoms with E-state index in [1.165, 1.54) is 0 Å². The van der Waals surface area contributed by atoms with Crippen LogP contribution in [-0.4, -0.2) is 23.0 Å². The number of esters is 1. The number of carbonyl (C=O) groups excluding carboxylic acids is 2. The van der Waals surface area contributed by atoms with Crippen molar-refractivity contribution in [2.75, 3.05) is 0 Å². The van der Waals surface area contributed by atoms with E-state index >= 15 is 0 Å². The van der Waals surface area contributed by atoms with Crippen LogP contribution >= 0.6 is 0 Å². The lowest BCUT2D eigenvalue weighted by Crippen LogP contribution is -2.36. The highest BCUT2D eigenvalue weighted by molar-refractivity contribution is 5.95. The highest BCUT2D eigenvalue weighted by Crippen LogP contribution is 2.39. The molecule has 1 aliphatic heterocycles. The van der Waals surface area contributed by atoms with Crippen LogP contribution in [0.25, 0.3) is 0 Å². The maximum absolute atomic E-state index is 11.6. The Morgan fingerprint density at radius 2 is 1.88 bits per heavy atom. The molecule has 1 unspecified atom stereocenters. The first-order valence-electron chi connectivity index (χ1n) is 5.82. The van der Waals surface area contributed by atoms with Gasteiger partial charge in [0.15, 0.2) is 0 Å². The van der Waals surface area contributed by atoms with Crippen LogP contribution in [-0.2, 0) is 16.1 Å². The standard InChI is InChI=1S/C13H13NO3/c15-12-11(10-6-7-10)14(13(16)17-12)8-9-4-2-1-3-5-9/h1-5,10-11H,6-8H2. The fraction of sp³-hybridized carbons (Fsp3) is 0.385. The molecule has 1 aromatic rings. The summed E-state index contributed by atoms with van der Waals surface area (Å²) in [7, 11) is 0. The van der Waals surface area contributed by atoms with E-state index in [2.05, 4.69) is 0 Å². The summed E-state index contributed by atoms with van der Waals surface area (Å²) >= 11 is 0. The van der Waals surface area contributed by atoms with E-state index in [-0.39, 0.29) is 12.0 Å². The minimum atomic E-state index is -0.504. The van der Waals surface area contributed by atoms with Crippen LogP contribution in [0.15, 0.2) is 30.3 Å². The normalized spacial score (nSPS) is 24.0. The van der Waals surface area contributed by atoms with Gasteiger partial charge in [-0.2, -0.15) is 0 Å². The molecule has 2 fully saturated rings. The van der Waals surface area contributed by atoms with Gasteiger partial charge in [0.1, 0.15) is 6.04 Å². The van der Waals surface area contributed by atoms with Crippen molar-refractivity contribution in [3.05, 3.63) is 35.9 Å². The molecule has 0 radical (unpaired) electrons. The Bertz CT molecular complexity index is 453. The summed E-state index contributed by atoms with van der Waals surface area (Å²) in [5.74, 6) is -0.0777. The summed E-state index contributed by atoms with van der Waals surface area (Å²) < 4.78 is 4.71. The average molecular weight is 231 g/mol. The number of ether oxygens (including phenoxy) is 1. The second-order valence-electron chi connectivity index (χ2n) is 4.58. The average Bonchev–Trinajstić information content (AvgIpc) is 3.10. The quantitative estimate of drug-likeness (QED) is 0.590. The minimum Gasteiger partial charge on any atom is -0.375 e. The first kappa shape index (κ1) is 10.3. The number of rotatable bonds is 3. The molecule has 1 heterocycles. The van der Waals surface area contributed by atoms with Crippen LogP contribution in [0.4, 0.5) is 4.79 Å². The van der Waals surface area contributed by atoms with Crippen LogP contribution in [0.5, 0.6) is 0 Å². The predicted octanol–water partition coefficient (Wildman–Crippen LogP) is 1.94. The number of cyclic esters (lactones) is 2. The molecule has 4 nitrogen and oxygen atoms in total. The number of nitrogens with zero attached hydrogens (tertiary/aromatic N) is 1. The SMILES string of the molecule is O=C1OC(=O)N(Cc2ccccc2)C1C1CC1. The van der Waals surface area contributed by atoms with Gasteiger partial charge in [-0.25, -0.2) is 9.59 Å². The topological polar surface area (TPSA) is 46.6 Å². The molecule has 0 spiro atoms. The molecule has 4 heteroatoms. The Labute approximate surface area is 99.2 Å². The molecule has 1 amide bonds. The lowest BCUT2D eigenvalue weighted by atomic mass is 10.1. The minimum absolute atomic E-state index is 0.303. The maximum atomic E-state index is 11.6. The van der Waals surface area contributed by atoms with E-state index in [4.69, 9.17) is 4.74 Å². The van der Waals surface area contributed by atoms with E-state index in [9.17, 15) is 9.59 Å². The summed E-state index contributed by atoms with van der Waals surface area (Å²) in [4.78, 5) is 24.7. The van der Waals surface area contributed by atoms with E-state index in [1.807, 2.05) is 30.3 Å². The van der Waals surface area contributed by atoms with E-state index < -0.39 is 6.09 Å². The van der Waals surface area contributed by atoms with Crippen molar-refractivity contribution < 1.29 is 14.3 Å². The molecule has 1 aliphatic carbocycles. The third-order valence-electron chi connectivity index (χ3n) is 3.26. The fourth-order valence-corrected chi connectivity index (χ4v) is 2.25. The number of hydrogen-bond donors (Lipinski definition) is 0. The third kappa shape index (κ3) is 1.90. The van der Waals surface area contributed by atoms with Gasteiger partial charge in [0.25, 0.3) is 0 Å². The molecule has 1 saturated carbocycles. The lowest BCUT2D eigenvalue weighted by molar-refractivity contribution is -0.136. The van der Waals surface area contributed by atoms with Crippen molar-refractivity contribution in [3.8, 4) is 0 Å². The number of carbonyl (C=O) groups is 2. The van der Waals surface area contributed by atoms with Crippen molar-refractivity contribution in [2.45, 2.75) is 25.4 Å². The van der Waals surface area contributed by atoms with Gasteiger partial charge < -0.3 is 4.74 Å². The first-order valence-corrected chi connectivity index (χ1v) is 5.82. The Balaban J connectivity index is 1.80. The molecule has 88 valence electrons. The van der Waals surface area contributed by atoms with Crippen molar-refractivity contribution >= 4 is 12.1 Å². The van der Waals surface area contributed by atoms with Crippen molar-refractivity contribution in [2.24, 2.45) is 5.92 Å². The predicted molar refractivity (Wildman–Crippen MR) is 60.0 cm³/mol. The number of hydrogen-bond acceptors (Lipinski definition) is 3. The van der Waals surface area contributed by atoms with Crippen LogP contribution in [0.1, 0.15) is 18.4 Å². The van der Waals surface area contributed by atoms with Crippen LogP contribution in [0.3, 0.4) is 0 Å². The molecule has 0 N–H and O–H groups in total. The summed E-state index contributed by atoms with van der Waals surface area (Å²) in [5.41, 5.74) is 1.02. The monoisotopic (exact) mass is 231 g/mol. The van der Waals surface area contributed by atoms with Crippen LogP contribution in [0.2, 0.25) is 0 Å². The Morgan fingerprint density at radius 1 is 1.18 bits per heavy atom. The second kappa shape index (κ2) is 3.87. The summed E-state index contributed by atoms with van der Waals surface area (Å²) in [5, 5.41) is 0. The maximum Gasteiger partial charge on any atom is 0.418 e. The summed E-state index contributed by atoms with van der Waals surface area (Å²) in [6.07, 6.45) is 1.52. The highest BCUT2D eigenvalue weighted by atomic mass is 16.6. The smallest absolute Gasteiger partial charge is 0.375 e. The summed E-state index contributed by atoms with van der Waals surface area (Å²) in [6.45, 7) is 0.451. The van der Waals surface area contributed by atoms with Gasteiger partial charge in [0.2, 0.25) is 0 Å². The van der Waals surface area contributed by atoms with E-state index in [0.29, 0.717) is 12.5 Å². The molecule has 2 aliphatic rings. The largest absolute Gasteiger partial charge is 0.418 e. The van der Waals surface area contributed by atoms with Gasteiger partial charge in [0.05, 0.1) is 0 Å². The van der Waals surface area contributed by atoms with Gasteiger partial charge in [-0.15, -0.1) is 0 Å². The van der Waals surface area contributed by atoms with Crippen molar-refractivity contribution in [3.63, 3.8) is 0 Å². The van der Waals surface area contributed by atoms with Gasteiger partial charge in [-0.05, 0) is 24.3 Å². The van der Waals surface area contributed by atoms with Gasteiger partial charge in [-0.3, -0.25) is 4.90 Å². The Kier molecular flexibility index (Phi) is 2.35. The highest BCUT2D eigenvalue weighted by Gasteiger charge is 2.49. The Hall–Kier alpha value is -1.84. The van der Waals surface area contributed by atoms with Gasteiger partial charge in [-0.1, -0.05) is 30.3 Å². The molecule has 17 heavy (non-hydrogen) atoms. The lowest BCUT2D eigenvalue weighted by Gasteiger charge is -2.19. The van der Waals surface area contributed by atoms with Crippen molar-refractivity contribution in [1.29, 1.82) is 0 Å². The zero-order valence-electron chi connectivity index (χ0n) is 9.33. The number of amides is 1. The Morgan fingerprint density at radius 3 is 2.53 bits per heavy atom. The molecule has 1 saturated heterocycles. The second-order valence-corrected chi connectivity index (χ2v) is 4.58. The van der Waals surface area contributed by atoms with E-state index in [0.717, 1.165) is 18.4 Å². The molecule has 3 rings (SSSR count). The molecule has 1 atom stereocenters. The number of benzene rings is 1. The zero-order valence-corrected chi connectivity index (χ0v) is 9.33. The summed E-state index contributed by atoms with van der Waals surface area (Å²) in [6, 6.07) is 9.30. The first-order chi connectivity index (χ1) is 8.25. The molecule has 0 bridgehead atoms. The molecule has 0 aromatic heterocycles. The van der Waals surface area contributed by atoms with Crippen LogP contribution in [0, 0.1) is 5.92 Å². The molecule has 1 aromatic carbocycles. The fourth-order valence-electron chi connectivity index (χ4n) is 2.25. The van der Waals surface area contributed by atoms with Gasteiger partial charge in [0, 0.05) is 6.54 Å². The van der Waals surface area contributed by atoms with Crippen molar-refractivity contribution in [1.82, 2.24) is 4.90 Å². The van der Waals surface area contributed by atoms with Gasteiger partial charge >= 0.3 is 12.1 Å².